The highest BCUT2D eigenvalue weighted by Gasteiger charge is 2.23. The Morgan fingerprint density at radius 1 is 1.32 bits per heavy atom. The lowest BCUT2D eigenvalue weighted by Crippen LogP contribution is -2.23. The van der Waals surface area contributed by atoms with Gasteiger partial charge in [0.25, 0.3) is 0 Å². The maximum Gasteiger partial charge on any atom is 0.131 e. The Kier molecular flexibility index (Phi) is 4.71. The van der Waals surface area contributed by atoms with E-state index in [2.05, 4.69) is 21.2 Å². The molecule has 2 rings (SSSR count). The van der Waals surface area contributed by atoms with Crippen molar-refractivity contribution in [2.75, 3.05) is 6.54 Å². The van der Waals surface area contributed by atoms with Gasteiger partial charge in [0.1, 0.15) is 11.6 Å². The van der Waals surface area contributed by atoms with Crippen molar-refractivity contribution in [3.05, 3.63) is 55.7 Å². The zero-order chi connectivity index (χ0) is 14.0. The van der Waals surface area contributed by atoms with Gasteiger partial charge >= 0.3 is 0 Å². The average molecular weight is 346 g/mol. The maximum atomic E-state index is 13.9. The SMILES string of the molecule is CCNC(c1cc(Br)c(C)s1)c1c(F)cccc1F. The third kappa shape index (κ3) is 3.04. The third-order valence-electron chi connectivity index (χ3n) is 2.86. The van der Waals surface area contributed by atoms with Crippen molar-refractivity contribution in [2.24, 2.45) is 0 Å². The van der Waals surface area contributed by atoms with Crippen molar-refractivity contribution in [3.8, 4) is 0 Å². The first kappa shape index (κ1) is 14.6. The van der Waals surface area contributed by atoms with E-state index in [9.17, 15) is 8.78 Å². The van der Waals surface area contributed by atoms with E-state index in [-0.39, 0.29) is 5.56 Å². The highest BCUT2D eigenvalue weighted by atomic mass is 79.9. The van der Waals surface area contributed by atoms with Gasteiger partial charge < -0.3 is 5.32 Å². The molecular formula is C14H14BrF2NS. The lowest BCUT2D eigenvalue weighted by Gasteiger charge is -2.18. The molecule has 102 valence electrons. The fourth-order valence-corrected chi connectivity index (χ4v) is 3.61. The molecule has 1 N–H and O–H groups in total. The molecule has 1 unspecified atom stereocenters. The number of hydrogen-bond acceptors (Lipinski definition) is 2. The summed E-state index contributed by atoms with van der Waals surface area (Å²) in [5.74, 6) is -1.04. The topological polar surface area (TPSA) is 12.0 Å². The van der Waals surface area contributed by atoms with E-state index in [1.807, 2.05) is 19.9 Å². The minimum atomic E-state index is -0.520. The predicted octanol–water partition coefficient (Wildman–Crippen LogP) is 4.80. The molecule has 1 heterocycles. The number of hydrogen-bond donors (Lipinski definition) is 1. The maximum absolute atomic E-state index is 13.9. The minimum Gasteiger partial charge on any atom is -0.306 e. The first-order valence-corrected chi connectivity index (χ1v) is 7.58. The van der Waals surface area contributed by atoms with Crippen LogP contribution in [-0.2, 0) is 0 Å². The van der Waals surface area contributed by atoms with Crippen LogP contribution in [0.5, 0.6) is 0 Å². The highest BCUT2D eigenvalue weighted by Crippen LogP contribution is 2.35. The van der Waals surface area contributed by atoms with Crippen molar-refractivity contribution in [3.63, 3.8) is 0 Å². The van der Waals surface area contributed by atoms with Gasteiger partial charge in [0.05, 0.1) is 6.04 Å². The second-order valence-electron chi connectivity index (χ2n) is 4.18. The quantitative estimate of drug-likeness (QED) is 0.839. The van der Waals surface area contributed by atoms with Crippen LogP contribution in [0.15, 0.2) is 28.7 Å². The first-order chi connectivity index (χ1) is 9.04. The van der Waals surface area contributed by atoms with Crippen molar-refractivity contribution in [1.29, 1.82) is 0 Å². The van der Waals surface area contributed by atoms with Crippen LogP contribution in [0, 0.1) is 18.6 Å². The molecule has 5 heteroatoms. The van der Waals surface area contributed by atoms with Gasteiger partial charge in [0, 0.05) is 19.8 Å². The summed E-state index contributed by atoms with van der Waals surface area (Å²) in [6, 6.07) is 5.42. The van der Waals surface area contributed by atoms with E-state index >= 15 is 0 Å². The van der Waals surface area contributed by atoms with Crippen molar-refractivity contribution in [1.82, 2.24) is 5.32 Å². The Morgan fingerprint density at radius 2 is 1.95 bits per heavy atom. The fourth-order valence-electron chi connectivity index (χ4n) is 1.96. The monoisotopic (exact) mass is 345 g/mol. The summed E-state index contributed by atoms with van der Waals surface area (Å²) in [5, 5.41) is 3.15. The second-order valence-corrected chi connectivity index (χ2v) is 6.32. The van der Waals surface area contributed by atoms with Crippen LogP contribution < -0.4 is 5.32 Å². The molecule has 0 spiro atoms. The summed E-state index contributed by atoms with van der Waals surface area (Å²) >= 11 is 4.97. The van der Waals surface area contributed by atoms with E-state index in [1.54, 1.807) is 0 Å². The normalized spacial score (nSPS) is 12.7. The van der Waals surface area contributed by atoms with Crippen molar-refractivity contribution >= 4 is 27.3 Å². The molecule has 1 nitrogen and oxygen atoms in total. The molecule has 0 aliphatic rings. The molecule has 0 fully saturated rings. The molecule has 0 aliphatic heterocycles. The second kappa shape index (κ2) is 6.11. The van der Waals surface area contributed by atoms with Gasteiger partial charge in [0.2, 0.25) is 0 Å². The smallest absolute Gasteiger partial charge is 0.131 e. The Labute approximate surface area is 123 Å². The summed E-state index contributed by atoms with van der Waals surface area (Å²) in [5.41, 5.74) is 0.0816. The van der Waals surface area contributed by atoms with Crippen LogP contribution in [0.3, 0.4) is 0 Å². The van der Waals surface area contributed by atoms with Crippen molar-refractivity contribution < 1.29 is 8.78 Å². The molecule has 1 atom stereocenters. The molecule has 0 bridgehead atoms. The van der Waals surface area contributed by atoms with Crippen LogP contribution in [0.4, 0.5) is 8.78 Å². The lowest BCUT2D eigenvalue weighted by atomic mass is 10.0. The highest BCUT2D eigenvalue weighted by molar-refractivity contribution is 9.10. The molecule has 19 heavy (non-hydrogen) atoms. The molecule has 2 aromatic rings. The van der Waals surface area contributed by atoms with Crippen LogP contribution in [0.1, 0.15) is 28.3 Å². The van der Waals surface area contributed by atoms with Gasteiger partial charge in [0.15, 0.2) is 0 Å². The van der Waals surface area contributed by atoms with Crippen LogP contribution in [0.25, 0.3) is 0 Å². The van der Waals surface area contributed by atoms with Gasteiger partial charge in [-0.15, -0.1) is 11.3 Å². The molecule has 0 saturated carbocycles. The molecule has 0 saturated heterocycles. The van der Waals surface area contributed by atoms with Gasteiger partial charge in [-0.1, -0.05) is 13.0 Å². The minimum absolute atomic E-state index is 0.0816. The zero-order valence-electron chi connectivity index (χ0n) is 10.6. The van der Waals surface area contributed by atoms with Gasteiger partial charge in [-0.3, -0.25) is 0 Å². The number of rotatable bonds is 4. The Morgan fingerprint density at radius 3 is 2.42 bits per heavy atom. The number of thiophene rings is 1. The molecule has 0 aliphatic carbocycles. The number of nitrogens with one attached hydrogen (secondary N) is 1. The summed E-state index contributed by atoms with van der Waals surface area (Å²) < 4.78 is 28.8. The predicted molar refractivity (Wildman–Crippen MR) is 78.6 cm³/mol. The van der Waals surface area contributed by atoms with Crippen LogP contribution in [-0.4, -0.2) is 6.54 Å². The molecule has 0 amide bonds. The van der Waals surface area contributed by atoms with Crippen molar-refractivity contribution in [2.45, 2.75) is 19.9 Å². The fraction of sp³-hybridized carbons (Fsp3) is 0.286. The average Bonchev–Trinajstić information content (AvgIpc) is 2.68. The van der Waals surface area contributed by atoms with Crippen LogP contribution >= 0.6 is 27.3 Å². The van der Waals surface area contributed by atoms with E-state index in [0.717, 1.165) is 14.2 Å². The lowest BCUT2D eigenvalue weighted by molar-refractivity contribution is 0.513. The summed E-state index contributed by atoms with van der Waals surface area (Å²) in [4.78, 5) is 1.99. The summed E-state index contributed by atoms with van der Waals surface area (Å²) in [6.07, 6.45) is 0. The Bertz CT molecular complexity index is 543. The standard InChI is InChI=1S/C14H14BrF2NS/c1-3-18-14(12-7-9(15)8(2)19-12)13-10(16)5-4-6-11(13)17/h4-7,14,18H,3H2,1-2H3. The number of aryl methyl sites for hydroxylation is 1. The van der Waals surface area contributed by atoms with Gasteiger partial charge in [-0.25, -0.2) is 8.78 Å². The summed E-state index contributed by atoms with van der Waals surface area (Å²) in [7, 11) is 0. The molecule has 0 radical (unpaired) electrons. The van der Waals surface area contributed by atoms with E-state index < -0.39 is 17.7 Å². The van der Waals surface area contributed by atoms with Gasteiger partial charge in [-0.2, -0.15) is 0 Å². The zero-order valence-corrected chi connectivity index (χ0v) is 13.0. The number of halogens is 3. The third-order valence-corrected chi connectivity index (χ3v) is 5.06. The summed E-state index contributed by atoms with van der Waals surface area (Å²) in [6.45, 7) is 4.52. The number of benzene rings is 1. The molecule has 1 aromatic carbocycles. The Hall–Kier alpha value is -0.780. The van der Waals surface area contributed by atoms with E-state index in [4.69, 9.17) is 0 Å². The van der Waals surface area contributed by atoms with Crippen LogP contribution in [0.2, 0.25) is 0 Å². The van der Waals surface area contributed by atoms with E-state index in [1.165, 1.54) is 29.5 Å². The molecular weight excluding hydrogens is 332 g/mol. The molecule has 1 aromatic heterocycles. The first-order valence-electron chi connectivity index (χ1n) is 5.97. The Balaban J connectivity index is 2.51. The van der Waals surface area contributed by atoms with E-state index in [0.29, 0.717) is 6.54 Å². The van der Waals surface area contributed by atoms with Gasteiger partial charge in [-0.05, 0) is 47.6 Å². The largest absolute Gasteiger partial charge is 0.306 e.